The molecule has 3 N–H and O–H groups in total. The van der Waals surface area contributed by atoms with Gasteiger partial charge in [0.05, 0.1) is 12.6 Å². The highest BCUT2D eigenvalue weighted by atomic mass is 16.3. The molecule has 1 atom stereocenters. The van der Waals surface area contributed by atoms with Crippen molar-refractivity contribution in [2.45, 2.75) is 19.4 Å². The summed E-state index contributed by atoms with van der Waals surface area (Å²) in [7, 11) is 3.62. The maximum Gasteiger partial charge on any atom is 0.240 e. The maximum absolute atomic E-state index is 12.1. The first kappa shape index (κ1) is 15.5. The molecule has 5 heteroatoms. The quantitative estimate of drug-likeness (QED) is 0.751. The number of aliphatic hydroxyl groups is 1. The van der Waals surface area contributed by atoms with Crippen LogP contribution in [-0.4, -0.2) is 49.2 Å². The third-order valence-electron chi connectivity index (χ3n) is 2.99. The Labute approximate surface area is 114 Å². The second-order valence-electron chi connectivity index (χ2n) is 4.92. The van der Waals surface area contributed by atoms with E-state index in [0.29, 0.717) is 25.2 Å². The van der Waals surface area contributed by atoms with Crippen LogP contribution in [0.5, 0.6) is 0 Å². The molecule has 0 aliphatic carbocycles. The summed E-state index contributed by atoms with van der Waals surface area (Å²) in [6.45, 7) is 2.77. The first-order valence-electron chi connectivity index (χ1n) is 6.39. The van der Waals surface area contributed by atoms with Crippen molar-refractivity contribution in [2.24, 2.45) is 0 Å². The number of carbonyl (C=O) groups excluding carboxylic acids is 1. The molecule has 0 aliphatic heterocycles. The van der Waals surface area contributed by atoms with Gasteiger partial charge >= 0.3 is 0 Å². The molecule has 0 saturated heterocycles. The van der Waals surface area contributed by atoms with E-state index in [2.05, 4.69) is 0 Å². The summed E-state index contributed by atoms with van der Waals surface area (Å²) in [6, 6.07) is 7.19. The van der Waals surface area contributed by atoms with E-state index in [-0.39, 0.29) is 12.0 Å². The molecule has 1 unspecified atom stereocenters. The minimum Gasteiger partial charge on any atom is -0.399 e. The number of benzene rings is 1. The molecule has 0 aliphatic rings. The van der Waals surface area contributed by atoms with Gasteiger partial charge in [0.15, 0.2) is 0 Å². The van der Waals surface area contributed by atoms with Crippen LogP contribution in [0.25, 0.3) is 0 Å². The number of nitrogens with zero attached hydrogens (tertiary/aromatic N) is 2. The third-order valence-corrected chi connectivity index (χ3v) is 2.99. The zero-order valence-electron chi connectivity index (χ0n) is 11.8. The van der Waals surface area contributed by atoms with Crippen LogP contribution in [-0.2, 0) is 4.79 Å². The van der Waals surface area contributed by atoms with Crippen molar-refractivity contribution in [1.82, 2.24) is 4.90 Å². The lowest BCUT2D eigenvalue weighted by atomic mass is 10.2. The van der Waals surface area contributed by atoms with Crippen LogP contribution in [0.2, 0.25) is 0 Å². The summed E-state index contributed by atoms with van der Waals surface area (Å²) in [6.07, 6.45) is 0.322. The predicted octanol–water partition coefficient (Wildman–Crippen LogP) is 0.934. The summed E-state index contributed by atoms with van der Waals surface area (Å²) in [5, 5.41) is 9.21. The smallest absolute Gasteiger partial charge is 0.240 e. The van der Waals surface area contributed by atoms with Crippen LogP contribution in [0.4, 0.5) is 11.4 Å². The Bertz CT molecular complexity index is 404. The second-order valence-corrected chi connectivity index (χ2v) is 4.92. The van der Waals surface area contributed by atoms with E-state index < -0.39 is 0 Å². The van der Waals surface area contributed by atoms with Gasteiger partial charge in [0, 0.05) is 25.0 Å². The number of aliphatic hydroxyl groups excluding tert-OH is 1. The maximum atomic E-state index is 12.1. The fourth-order valence-corrected chi connectivity index (χ4v) is 1.67. The molecule has 1 amide bonds. The Kier molecular flexibility index (Phi) is 5.79. The fourth-order valence-electron chi connectivity index (χ4n) is 1.67. The van der Waals surface area contributed by atoms with Gasteiger partial charge in [-0.1, -0.05) is 0 Å². The Morgan fingerprint density at radius 2 is 1.89 bits per heavy atom. The van der Waals surface area contributed by atoms with E-state index in [1.54, 1.807) is 31.0 Å². The third kappa shape index (κ3) is 5.28. The monoisotopic (exact) mass is 265 g/mol. The number of amides is 1. The van der Waals surface area contributed by atoms with E-state index >= 15 is 0 Å². The fraction of sp³-hybridized carbons (Fsp3) is 0.500. The number of rotatable bonds is 6. The SMILES string of the molecule is CC(O)CCN(C)CC(=O)N(C)c1ccc(N)cc1. The molecule has 1 aromatic carbocycles. The standard InChI is InChI=1S/C14H23N3O2/c1-11(18)8-9-16(2)10-14(19)17(3)13-6-4-12(15)5-7-13/h4-7,11,18H,8-10,15H2,1-3H3. The number of hydrogen-bond donors (Lipinski definition) is 2. The van der Waals surface area contributed by atoms with Crippen LogP contribution < -0.4 is 10.6 Å². The van der Waals surface area contributed by atoms with E-state index in [0.717, 1.165) is 5.69 Å². The zero-order chi connectivity index (χ0) is 14.4. The first-order valence-corrected chi connectivity index (χ1v) is 6.39. The normalized spacial score (nSPS) is 12.5. The molecule has 0 aromatic heterocycles. The van der Waals surface area contributed by atoms with Gasteiger partial charge in [-0.05, 0) is 44.7 Å². The van der Waals surface area contributed by atoms with Gasteiger partial charge in [0.2, 0.25) is 5.91 Å². The molecule has 106 valence electrons. The van der Waals surface area contributed by atoms with Gasteiger partial charge in [0.1, 0.15) is 0 Å². The van der Waals surface area contributed by atoms with Gasteiger partial charge in [-0.15, -0.1) is 0 Å². The molecule has 0 spiro atoms. The van der Waals surface area contributed by atoms with Crippen molar-refractivity contribution < 1.29 is 9.90 Å². The van der Waals surface area contributed by atoms with Crippen molar-refractivity contribution in [3.8, 4) is 0 Å². The second kappa shape index (κ2) is 7.11. The predicted molar refractivity (Wildman–Crippen MR) is 78.1 cm³/mol. The largest absolute Gasteiger partial charge is 0.399 e. The molecule has 0 radical (unpaired) electrons. The minimum absolute atomic E-state index is 0.0119. The van der Waals surface area contributed by atoms with Crippen molar-refractivity contribution in [1.29, 1.82) is 0 Å². The van der Waals surface area contributed by atoms with Gasteiger partial charge < -0.3 is 15.7 Å². The van der Waals surface area contributed by atoms with E-state index in [1.807, 2.05) is 24.1 Å². The zero-order valence-corrected chi connectivity index (χ0v) is 11.8. The van der Waals surface area contributed by atoms with Gasteiger partial charge in [-0.3, -0.25) is 9.69 Å². The van der Waals surface area contributed by atoms with Gasteiger partial charge in [0.25, 0.3) is 0 Å². The number of anilines is 2. The molecule has 0 saturated carbocycles. The van der Waals surface area contributed by atoms with Crippen LogP contribution in [0.1, 0.15) is 13.3 Å². The average molecular weight is 265 g/mol. The summed E-state index contributed by atoms with van der Waals surface area (Å²) < 4.78 is 0. The highest BCUT2D eigenvalue weighted by molar-refractivity contribution is 5.94. The van der Waals surface area contributed by atoms with Crippen molar-refractivity contribution in [2.75, 3.05) is 37.8 Å². The lowest BCUT2D eigenvalue weighted by Gasteiger charge is -2.22. The van der Waals surface area contributed by atoms with E-state index in [1.165, 1.54) is 0 Å². The number of nitrogen functional groups attached to an aromatic ring is 1. The van der Waals surface area contributed by atoms with Crippen molar-refractivity contribution >= 4 is 17.3 Å². The van der Waals surface area contributed by atoms with Crippen LogP contribution in [0.15, 0.2) is 24.3 Å². The molecule has 0 heterocycles. The van der Waals surface area contributed by atoms with Gasteiger partial charge in [-0.2, -0.15) is 0 Å². The molecule has 19 heavy (non-hydrogen) atoms. The average Bonchev–Trinajstić information content (AvgIpc) is 2.36. The molecule has 1 rings (SSSR count). The number of carbonyl (C=O) groups is 1. The molecule has 0 bridgehead atoms. The Morgan fingerprint density at radius 1 is 1.32 bits per heavy atom. The van der Waals surface area contributed by atoms with Gasteiger partial charge in [-0.25, -0.2) is 0 Å². The van der Waals surface area contributed by atoms with E-state index in [9.17, 15) is 9.90 Å². The summed E-state index contributed by atoms with van der Waals surface area (Å²) >= 11 is 0. The van der Waals surface area contributed by atoms with E-state index in [4.69, 9.17) is 5.73 Å². The van der Waals surface area contributed by atoms with Crippen LogP contribution in [0.3, 0.4) is 0 Å². The minimum atomic E-state index is -0.340. The number of likely N-dealkylation sites (N-methyl/N-ethyl adjacent to an activating group) is 2. The lowest BCUT2D eigenvalue weighted by Crippen LogP contribution is -2.37. The summed E-state index contributed by atoms with van der Waals surface area (Å²) in [4.78, 5) is 15.6. The topological polar surface area (TPSA) is 69.8 Å². The van der Waals surface area contributed by atoms with Crippen molar-refractivity contribution in [3.05, 3.63) is 24.3 Å². The Balaban J connectivity index is 2.50. The summed E-state index contributed by atoms with van der Waals surface area (Å²) in [5.41, 5.74) is 7.12. The molecule has 1 aromatic rings. The van der Waals surface area contributed by atoms with Crippen LogP contribution in [0, 0.1) is 0 Å². The summed E-state index contributed by atoms with van der Waals surface area (Å²) in [5.74, 6) is 0.0119. The highest BCUT2D eigenvalue weighted by Gasteiger charge is 2.13. The highest BCUT2D eigenvalue weighted by Crippen LogP contribution is 2.15. The Hall–Kier alpha value is -1.59. The lowest BCUT2D eigenvalue weighted by molar-refractivity contribution is -0.119. The molecule has 5 nitrogen and oxygen atoms in total. The first-order chi connectivity index (χ1) is 8.90. The number of hydrogen-bond acceptors (Lipinski definition) is 4. The molecule has 0 fully saturated rings. The molecular formula is C14H23N3O2. The number of nitrogens with two attached hydrogens (primary N) is 1. The Morgan fingerprint density at radius 3 is 2.42 bits per heavy atom. The van der Waals surface area contributed by atoms with Crippen molar-refractivity contribution in [3.63, 3.8) is 0 Å². The molecular weight excluding hydrogens is 242 g/mol. The van der Waals surface area contributed by atoms with Crippen LogP contribution >= 0.6 is 0 Å².